The van der Waals surface area contributed by atoms with Crippen LogP contribution in [0.1, 0.15) is 35.3 Å². The highest BCUT2D eigenvalue weighted by atomic mass is 32.2. The number of hydrogen-bond acceptors (Lipinski definition) is 3. The summed E-state index contributed by atoms with van der Waals surface area (Å²) in [5.41, 5.74) is 3.20. The first-order chi connectivity index (χ1) is 11.7. The zero-order valence-corrected chi connectivity index (χ0v) is 15.5. The highest BCUT2D eigenvalue weighted by Gasteiger charge is 2.11. The maximum absolute atomic E-state index is 12.5. The zero-order chi connectivity index (χ0) is 17.4. The van der Waals surface area contributed by atoms with Crippen LogP contribution in [0.5, 0.6) is 0 Å². The molecule has 0 unspecified atom stereocenters. The first-order valence-corrected chi connectivity index (χ1v) is 9.62. The fourth-order valence-corrected chi connectivity index (χ4v) is 3.27. The van der Waals surface area contributed by atoms with Gasteiger partial charge in [0.05, 0.1) is 5.56 Å². The van der Waals surface area contributed by atoms with Gasteiger partial charge in [0.15, 0.2) is 0 Å². The number of nitrogens with zero attached hydrogens (tertiary/aromatic N) is 1. The maximum atomic E-state index is 12.5. The Labute approximate surface area is 149 Å². The molecule has 0 fully saturated rings. The Kier molecular flexibility index (Phi) is 7.35. The van der Waals surface area contributed by atoms with Gasteiger partial charge in [-0.3, -0.25) is 9.69 Å². The van der Waals surface area contributed by atoms with Crippen LogP contribution in [0.15, 0.2) is 53.4 Å². The van der Waals surface area contributed by atoms with E-state index in [1.807, 2.05) is 36.6 Å². The van der Waals surface area contributed by atoms with E-state index >= 15 is 0 Å². The largest absolute Gasteiger partial charge is 0.348 e. The second-order valence-electron chi connectivity index (χ2n) is 5.61. The SMILES string of the molecule is CCN(CC)Cc1ccccc1CNC(=O)c1ccccc1SC. The number of rotatable bonds is 8. The van der Waals surface area contributed by atoms with Crippen molar-refractivity contribution in [3.8, 4) is 0 Å². The first kappa shape index (κ1) is 18.6. The van der Waals surface area contributed by atoms with Gasteiger partial charge in [-0.1, -0.05) is 50.2 Å². The van der Waals surface area contributed by atoms with E-state index in [9.17, 15) is 4.79 Å². The Bertz CT molecular complexity index is 668. The molecule has 24 heavy (non-hydrogen) atoms. The second kappa shape index (κ2) is 9.50. The van der Waals surface area contributed by atoms with Crippen molar-refractivity contribution in [2.45, 2.75) is 31.8 Å². The van der Waals surface area contributed by atoms with Crippen LogP contribution in [0.3, 0.4) is 0 Å². The van der Waals surface area contributed by atoms with Gasteiger partial charge < -0.3 is 5.32 Å². The van der Waals surface area contributed by atoms with E-state index < -0.39 is 0 Å². The number of amides is 1. The van der Waals surface area contributed by atoms with E-state index in [1.165, 1.54) is 11.1 Å². The van der Waals surface area contributed by atoms with Crippen molar-refractivity contribution in [1.82, 2.24) is 10.2 Å². The summed E-state index contributed by atoms with van der Waals surface area (Å²) in [7, 11) is 0. The number of benzene rings is 2. The van der Waals surface area contributed by atoms with Crippen molar-refractivity contribution >= 4 is 17.7 Å². The summed E-state index contributed by atoms with van der Waals surface area (Å²) in [6.07, 6.45) is 1.99. The molecule has 0 aromatic heterocycles. The van der Waals surface area contributed by atoms with Gasteiger partial charge in [0.1, 0.15) is 0 Å². The molecule has 0 aliphatic carbocycles. The van der Waals surface area contributed by atoms with Gasteiger partial charge in [-0.25, -0.2) is 0 Å². The van der Waals surface area contributed by atoms with Crippen LogP contribution >= 0.6 is 11.8 Å². The maximum Gasteiger partial charge on any atom is 0.252 e. The minimum atomic E-state index is -0.0161. The average molecular weight is 343 g/mol. The predicted octanol–water partition coefficient (Wildman–Crippen LogP) is 4.18. The van der Waals surface area contributed by atoms with Crippen LogP contribution in [0, 0.1) is 0 Å². The minimum Gasteiger partial charge on any atom is -0.348 e. The molecule has 2 aromatic rings. The van der Waals surface area contributed by atoms with Gasteiger partial charge in [-0.05, 0) is 42.6 Å². The van der Waals surface area contributed by atoms with Crippen molar-refractivity contribution in [3.63, 3.8) is 0 Å². The smallest absolute Gasteiger partial charge is 0.252 e. The van der Waals surface area contributed by atoms with Crippen LogP contribution in [0.4, 0.5) is 0 Å². The third-order valence-electron chi connectivity index (χ3n) is 4.20. The lowest BCUT2D eigenvalue weighted by Gasteiger charge is -2.20. The fourth-order valence-electron chi connectivity index (χ4n) is 2.68. The first-order valence-electron chi connectivity index (χ1n) is 8.39. The normalized spacial score (nSPS) is 10.8. The highest BCUT2D eigenvalue weighted by Crippen LogP contribution is 2.20. The Morgan fingerprint density at radius 3 is 2.29 bits per heavy atom. The lowest BCUT2D eigenvalue weighted by atomic mass is 10.1. The van der Waals surface area contributed by atoms with E-state index in [2.05, 4.69) is 42.3 Å². The Morgan fingerprint density at radius 1 is 1.00 bits per heavy atom. The third kappa shape index (κ3) is 4.86. The molecule has 1 amide bonds. The van der Waals surface area contributed by atoms with Gasteiger partial charge in [-0.2, -0.15) is 0 Å². The molecule has 0 saturated carbocycles. The molecular formula is C20H26N2OS. The lowest BCUT2D eigenvalue weighted by molar-refractivity contribution is 0.0948. The van der Waals surface area contributed by atoms with Crippen molar-refractivity contribution < 1.29 is 4.79 Å². The fraction of sp³-hybridized carbons (Fsp3) is 0.350. The molecule has 0 saturated heterocycles. The number of nitrogens with one attached hydrogen (secondary N) is 1. The molecule has 4 heteroatoms. The van der Waals surface area contributed by atoms with E-state index in [4.69, 9.17) is 0 Å². The second-order valence-corrected chi connectivity index (χ2v) is 6.46. The summed E-state index contributed by atoms with van der Waals surface area (Å²) in [5, 5.41) is 3.07. The Hall–Kier alpha value is -1.78. The van der Waals surface area contributed by atoms with Crippen LogP contribution in [0.2, 0.25) is 0 Å². The van der Waals surface area contributed by atoms with Crippen molar-refractivity contribution in [3.05, 3.63) is 65.2 Å². The van der Waals surface area contributed by atoms with E-state index in [0.29, 0.717) is 6.54 Å². The third-order valence-corrected chi connectivity index (χ3v) is 4.99. The number of hydrogen-bond donors (Lipinski definition) is 1. The lowest BCUT2D eigenvalue weighted by Crippen LogP contribution is -2.26. The molecule has 0 spiro atoms. The van der Waals surface area contributed by atoms with Gasteiger partial charge in [0.2, 0.25) is 0 Å². The topological polar surface area (TPSA) is 32.3 Å². The number of thioether (sulfide) groups is 1. The molecule has 0 aliphatic heterocycles. The van der Waals surface area contributed by atoms with E-state index in [-0.39, 0.29) is 5.91 Å². The molecule has 128 valence electrons. The summed E-state index contributed by atoms with van der Waals surface area (Å²) in [4.78, 5) is 15.9. The summed E-state index contributed by atoms with van der Waals surface area (Å²) < 4.78 is 0. The summed E-state index contributed by atoms with van der Waals surface area (Å²) in [6.45, 7) is 7.87. The molecule has 0 aliphatic rings. The molecule has 0 bridgehead atoms. The van der Waals surface area contributed by atoms with Crippen molar-refractivity contribution in [2.75, 3.05) is 19.3 Å². The summed E-state index contributed by atoms with van der Waals surface area (Å²) in [5.74, 6) is -0.0161. The molecule has 3 nitrogen and oxygen atoms in total. The van der Waals surface area contributed by atoms with Crippen LogP contribution in [-0.2, 0) is 13.1 Å². The number of carbonyl (C=O) groups is 1. The predicted molar refractivity (Wildman–Crippen MR) is 102 cm³/mol. The molecule has 0 radical (unpaired) electrons. The molecule has 2 aromatic carbocycles. The van der Waals surface area contributed by atoms with Gasteiger partial charge in [0, 0.05) is 18.0 Å². The Morgan fingerprint density at radius 2 is 1.62 bits per heavy atom. The standard InChI is InChI=1S/C20H26N2OS/c1-4-22(5-2)15-17-11-7-6-10-16(17)14-21-20(23)18-12-8-9-13-19(18)24-3/h6-13H,4-5,14-15H2,1-3H3,(H,21,23). The van der Waals surface area contributed by atoms with Gasteiger partial charge in [-0.15, -0.1) is 11.8 Å². The molecular weight excluding hydrogens is 316 g/mol. The quantitative estimate of drug-likeness (QED) is 0.731. The number of carbonyl (C=O) groups excluding carboxylic acids is 1. The summed E-state index contributed by atoms with van der Waals surface area (Å²) in [6, 6.07) is 16.1. The van der Waals surface area contributed by atoms with Crippen molar-refractivity contribution in [2.24, 2.45) is 0 Å². The molecule has 1 N–H and O–H groups in total. The van der Waals surface area contributed by atoms with E-state index in [0.717, 1.165) is 30.1 Å². The highest BCUT2D eigenvalue weighted by molar-refractivity contribution is 7.98. The van der Waals surface area contributed by atoms with Crippen LogP contribution < -0.4 is 5.32 Å². The molecule has 0 heterocycles. The zero-order valence-electron chi connectivity index (χ0n) is 14.7. The van der Waals surface area contributed by atoms with Gasteiger partial charge in [0.25, 0.3) is 5.91 Å². The van der Waals surface area contributed by atoms with E-state index in [1.54, 1.807) is 11.8 Å². The summed E-state index contributed by atoms with van der Waals surface area (Å²) >= 11 is 1.60. The molecule has 0 atom stereocenters. The van der Waals surface area contributed by atoms with Gasteiger partial charge >= 0.3 is 0 Å². The Balaban J connectivity index is 2.08. The average Bonchev–Trinajstić information content (AvgIpc) is 2.64. The minimum absolute atomic E-state index is 0.0161. The monoisotopic (exact) mass is 342 g/mol. The van der Waals surface area contributed by atoms with Crippen LogP contribution in [-0.4, -0.2) is 30.2 Å². The van der Waals surface area contributed by atoms with Crippen LogP contribution in [0.25, 0.3) is 0 Å². The van der Waals surface area contributed by atoms with Crippen molar-refractivity contribution in [1.29, 1.82) is 0 Å². The molecule has 2 rings (SSSR count).